The summed E-state index contributed by atoms with van der Waals surface area (Å²) in [7, 11) is 3.02. The molecule has 0 radical (unpaired) electrons. The molecular formula is C11H15F3N4O. The van der Waals surface area contributed by atoms with E-state index in [0.717, 1.165) is 12.8 Å². The van der Waals surface area contributed by atoms with Gasteiger partial charge in [0.1, 0.15) is 12.9 Å². The van der Waals surface area contributed by atoms with E-state index in [2.05, 4.69) is 15.3 Å². The van der Waals surface area contributed by atoms with Gasteiger partial charge in [0.05, 0.1) is 7.11 Å². The number of hydrogen-bond donors (Lipinski definition) is 1. The van der Waals surface area contributed by atoms with Gasteiger partial charge in [-0.15, -0.1) is 0 Å². The summed E-state index contributed by atoms with van der Waals surface area (Å²) in [5, 5.41) is 2.78. The number of alkyl halides is 3. The van der Waals surface area contributed by atoms with Gasteiger partial charge in [0.25, 0.3) is 0 Å². The van der Waals surface area contributed by atoms with Crippen LogP contribution < -0.4 is 15.0 Å². The van der Waals surface area contributed by atoms with Gasteiger partial charge >= 0.3 is 6.18 Å². The van der Waals surface area contributed by atoms with Crippen molar-refractivity contribution < 1.29 is 17.9 Å². The summed E-state index contributed by atoms with van der Waals surface area (Å²) in [6.07, 6.45) is -1.58. The highest BCUT2D eigenvalue weighted by molar-refractivity contribution is 5.65. The van der Waals surface area contributed by atoms with Gasteiger partial charge in [-0.1, -0.05) is 0 Å². The first-order chi connectivity index (χ1) is 8.96. The average Bonchev–Trinajstić information content (AvgIpc) is 3.18. The molecule has 106 valence electrons. The maximum Gasteiger partial charge on any atom is 0.405 e. The predicted octanol–water partition coefficient (Wildman–Crippen LogP) is 2.06. The fraction of sp³-hybridized carbons (Fsp3) is 0.636. The lowest BCUT2D eigenvalue weighted by Crippen LogP contribution is -2.36. The van der Waals surface area contributed by atoms with E-state index >= 15 is 0 Å². The number of nitrogens with one attached hydrogen (secondary N) is 1. The molecule has 2 rings (SSSR count). The molecule has 1 fully saturated rings. The molecule has 0 aromatic carbocycles. The van der Waals surface area contributed by atoms with Gasteiger partial charge in [-0.3, -0.25) is 0 Å². The number of hydrogen-bond acceptors (Lipinski definition) is 5. The van der Waals surface area contributed by atoms with Crippen LogP contribution in [0.3, 0.4) is 0 Å². The van der Waals surface area contributed by atoms with Gasteiger partial charge in [0.15, 0.2) is 11.6 Å². The van der Waals surface area contributed by atoms with Crippen LogP contribution in [0.2, 0.25) is 0 Å². The molecule has 1 aliphatic rings. The Balaban J connectivity index is 2.36. The standard InChI is InChI=1S/C11H15F3N4O/c1-15-9-8(19-2)10(17-6-16-9)18(7-3-4-7)5-11(12,13)14/h6-7H,3-5H2,1-2H3,(H,15,16,17). The average molecular weight is 276 g/mol. The maximum absolute atomic E-state index is 12.7. The minimum atomic E-state index is -4.28. The molecule has 1 aromatic heterocycles. The fourth-order valence-electron chi connectivity index (χ4n) is 1.89. The van der Waals surface area contributed by atoms with E-state index in [-0.39, 0.29) is 17.6 Å². The number of rotatable bonds is 5. The van der Waals surface area contributed by atoms with E-state index < -0.39 is 12.7 Å². The lowest BCUT2D eigenvalue weighted by atomic mass is 10.3. The summed E-state index contributed by atoms with van der Waals surface area (Å²) in [4.78, 5) is 9.12. The first-order valence-electron chi connectivity index (χ1n) is 5.86. The SMILES string of the molecule is CNc1ncnc(N(CC(F)(F)F)C2CC2)c1OC. The third-order valence-corrected chi connectivity index (χ3v) is 2.84. The minimum Gasteiger partial charge on any atom is -0.490 e. The largest absolute Gasteiger partial charge is 0.490 e. The second-order valence-electron chi connectivity index (χ2n) is 4.30. The maximum atomic E-state index is 12.7. The van der Waals surface area contributed by atoms with Gasteiger partial charge < -0.3 is 15.0 Å². The fourth-order valence-corrected chi connectivity index (χ4v) is 1.89. The third kappa shape index (κ3) is 3.18. The molecule has 5 nitrogen and oxygen atoms in total. The van der Waals surface area contributed by atoms with Crippen molar-refractivity contribution in [2.24, 2.45) is 0 Å². The molecule has 1 heterocycles. The Morgan fingerprint density at radius 2 is 2.11 bits per heavy atom. The Morgan fingerprint density at radius 1 is 1.42 bits per heavy atom. The summed E-state index contributed by atoms with van der Waals surface area (Å²) in [6.45, 7) is -1.03. The molecule has 0 saturated heterocycles. The van der Waals surface area contributed by atoms with Crippen molar-refractivity contribution in [3.63, 3.8) is 0 Å². The summed E-state index contributed by atoms with van der Waals surface area (Å²) in [5.74, 6) is 0.795. The van der Waals surface area contributed by atoms with Crippen LogP contribution in [-0.2, 0) is 0 Å². The Morgan fingerprint density at radius 3 is 2.58 bits per heavy atom. The predicted molar refractivity (Wildman–Crippen MR) is 64.6 cm³/mol. The van der Waals surface area contributed by atoms with Crippen molar-refractivity contribution in [3.05, 3.63) is 6.33 Å². The van der Waals surface area contributed by atoms with Crippen molar-refractivity contribution in [2.75, 3.05) is 30.9 Å². The van der Waals surface area contributed by atoms with E-state index in [1.54, 1.807) is 7.05 Å². The van der Waals surface area contributed by atoms with E-state index in [1.807, 2.05) is 0 Å². The van der Waals surface area contributed by atoms with Crippen LogP contribution in [0, 0.1) is 0 Å². The Bertz CT molecular complexity index is 448. The smallest absolute Gasteiger partial charge is 0.405 e. The number of aromatic nitrogens is 2. The van der Waals surface area contributed by atoms with Crippen LogP contribution in [0.5, 0.6) is 5.75 Å². The van der Waals surface area contributed by atoms with Crippen molar-refractivity contribution in [1.82, 2.24) is 9.97 Å². The number of halogens is 3. The molecule has 0 bridgehead atoms. The molecule has 0 amide bonds. The summed E-state index contributed by atoms with van der Waals surface area (Å²) >= 11 is 0. The number of ether oxygens (including phenoxy) is 1. The number of methoxy groups -OCH3 is 1. The van der Waals surface area contributed by atoms with Gasteiger partial charge in [0, 0.05) is 13.1 Å². The molecule has 1 saturated carbocycles. The lowest BCUT2D eigenvalue weighted by molar-refractivity contribution is -0.120. The molecule has 0 atom stereocenters. The summed E-state index contributed by atoms with van der Waals surface area (Å²) < 4.78 is 43.1. The first-order valence-corrected chi connectivity index (χ1v) is 5.86. The highest BCUT2D eigenvalue weighted by atomic mass is 19.4. The normalized spacial score (nSPS) is 15.2. The van der Waals surface area contributed by atoms with Crippen LogP contribution in [0.15, 0.2) is 6.33 Å². The topological polar surface area (TPSA) is 50.3 Å². The molecule has 1 N–H and O–H groups in total. The highest BCUT2D eigenvalue weighted by Gasteiger charge is 2.40. The van der Waals surface area contributed by atoms with Crippen molar-refractivity contribution in [1.29, 1.82) is 0 Å². The second kappa shape index (κ2) is 5.10. The zero-order valence-corrected chi connectivity index (χ0v) is 10.7. The van der Waals surface area contributed by atoms with E-state index in [4.69, 9.17) is 4.74 Å². The lowest BCUT2D eigenvalue weighted by Gasteiger charge is -2.26. The molecule has 19 heavy (non-hydrogen) atoms. The van der Waals surface area contributed by atoms with Crippen molar-refractivity contribution in [3.8, 4) is 5.75 Å². The third-order valence-electron chi connectivity index (χ3n) is 2.84. The first kappa shape index (κ1) is 13.7. The van der Waals surface area contributed by atoms with E-state index in [0.29, 0.717) is 5.82 Å². The Labute approximate surface area is 108 Å². The monoisotopic (exact) mass is 276 g/mol. The molecule has 0 spiro atoms. The molecular weight excluding hydrogens is 261 g/mol. The Kier molecular flexibility index (Phi) is 3.68. The quantitative estimate of drug-likeness (QED) is 0.892. The van der Waals surface area contributed by atoms with Crippen molar-refractivity contribution in [2.45, 2.75) is 25.1 Å². The van der Waals surface area contributed by atoms with Gasteiger partial charge in [-0.25, -0.2) is 9.97 Å². The van der Waals surface area contributed by atoms with Gasteiger partial charge in [-0.2, -0.15) is 13.2 Å². The van der Waals surface area contributed by atoms with Gasteiger partial charge in [-0.05, 0) is 12.8 Å². The Hall–Kier alpha value is -1.73. The van der Waals surface area contributed by atoms with Crippen LogP contribution >= 0.6 is 0 Å². The molecule has 0 aliphatic heterocycles. The summed E-state index contributed by atoms with van der Waals surface area (Å²) in [5.41, 5.74) is 0. The van der Waals surface area contributed by atoms with Crippen LogP contribution in [0.25, 0.3) is 0 Å². The number of nitrogens with zero attached hydrogens (tertiary/aromatic N) is 3. The number of anilines is 2. The zero-order valence-electron chi connectivity index (χ0n) is 10.7. The van der Waals surface area contributed by atoms with Crippen LogP contribution in [0.1, 0.15) is 12.8 Å². The molecule has 8 heteroatoms. The minimum absolute atomic E-state index is 0.130. The van der Waals surface area contributed by atoms with E-state index in [1.165, 1.54) is 18.3 Å². The van der Waals surface area contributed by atoms with Crippen LogP contribution in [0.4, 0.5) is 24.8 Å². The van der Waals surface area contributed by atoms with Gasteiger partial charge in [0.2, 0.25) is 5.75 Å². The van der Waals surface area contributed by atoms with Crippen LogP contribution in [-0.4, -0.2) is 42.9 Å². The molecule has 0 unspecified atom stereocenters. The zero-order chi connectivity index (χ0) is 14.0. The highest BCUT2D eigenvalue weighted by Crippen LogP contribution is 2.39. The second-order valence-corrected chi connectivity index (χ2v) is 4.30. The molecule has 1 aromatic rings. The molecule has 1 aliphatic carbocycles. The van der Waals surface area contributed by atoms with Crippen molar-refractivity contribution >= 4 is 11.6 Å². The summed E-state index contributed by atoms with van der Waals surface area (Å²) in [6, 6.07) is -0.130. The van der Waals surface area contributed by atoms with E-state index in [9.17, 15) is 13.2 Å².